The van der Waals surface area contributed by atoms with E-state index >= 15 is 0 Å². The number of hydrogen-bond donors (Lipinski definition) is 9. The van der Waals surface area contributed by atoms with Gasteiger partial charge in [-0.3, -0.25) is 77.1 Å². The smallest absolute Gasteiger partial charge is 0.329 e. The molecule has 4 heterocycles. The summed E-state index contributed by atoms with van der Waals surface area (Å²) in [5.41, 5.74) is 10.6. The maximum atomic E-state index is 12.9. The molecule has 35 heteroatoms. The summed E-state index contributed by atoms with van der Waals surface area (Å²) >= 11 is 12.5. The summed E-state index contributed by atoms with van der Waals surface area (Å²) in [5, 5.41) is 34.5. The number of nitrogens with zero attached hydrogens (tertiary/aromatic N) is 4. The van der Waals surface area contributed by atoms with E-state index in [9.17, 15) is 76.7 Å². The number of nitrogens with two attached hydrogens (primary N) is 2. The molecule has 6 rings (SSSR count). The van der Waals surface area contributed by atoms with Crippen molar-refractivity contribution >= 4 is 173 Å². The molecule has 6 amide bonds. The van der Waals surface area contributed by atoms with E-state index in [0.29, 0.717) is 101 Å². The van der Waals surface area contributed by atoms with Crippen molar-refractivity contribution < 1.29 is 86.9 Å². The monoisotopic (exact) mass is 1680 g/mol. The van der Waals surface area contributed by atoms with Gasteiger partial charge in [0.15, 0.2) is 40.3 Å². The number of Topliss-reactive ketones (excluding diaryl/α,β-unsaturated/α-hetero) is 7. The van der Waals surface area contributed by atoms with E-state index in [-0.39, 0.29) is 165 Å². The van der Waals surface area contributed by atoms with Gasteiger partial charge in [-0.1, -0.05) is 138 Å². The SMILES string of the molecule is C.CCCCC(=O)N[C@H](CC(N)=O)C(=O)C[C@@H](C)CCC(=O)CC(=O)NC1(C(=O)CC(=O)CCc2nc(C3=N[C@H](C(=O)O)CS3)cs2)CC1.CCCCCCCCCCCCCC(=O)N[C@H](CC(N)=O)C(=O)C[C@@H](C)CCC(=O)CC(=O)SC(C)(C)C.N.O=C(CC(=O)C1(Cl)CC1)NCc1nc(C2=NC(C(=O)O)CS2)cs1. The van der Waals surface area contributed by atoms with Crippen LogP contribution in [0.4, 0.5) is 0 Å². The van der Waals surface area contributed by atoms with E-state index in [1.165, 1.54) is 97.6 Å². The van der Waals surface area contributed by atoms with Gasteiger partial charge in [0.05, 0.1) is 67.7 Å². The van der Waals surface area contributed by atoms with Gasteiger partial charge in [0.2, 0.25) is 35.4 Å². The highest BCUT2D eigenvalue weighted by Gasteiger charge is 2.51. The molecule has 13 N–H and O–H groups in total. The third kappa shape index (κ3) is 40.8. The fourth-order valence-electron chi connectivity index (χ4n) is 11.4. The Balaban J connectivity index is 0.000000594. The van der Waals surface area contributed by atoms with Crippen LogP contribution in [-0.4, -0.2) is 174 Å². The van der Waals surface area contributed by atoms with Crippen molar-refractivity contribution in [3.63, 3.8) is 0 Å². The molecule has 0 aromatic carbocycles. The summed E-state index contributed by atoms with van der Waals surface area (Å²) in [6.45, 7) is 13.7. The van der Waals surface area contributed by atoms with Crippen molar-refractivity contribution in [1.82, 2.24) is 37.4 Å². The standard InChI is InChI=1S/C32H43N5O9S2.C30H54N2O5S.C14H14ClN3O4S2.CH4.H3N/c1-3-4-5-27(43)34-21(15-26(33)42)24(40)12-18(2)6-7-20(39)14-28(44)37-32(10-11-32)25(41)13-19(38)8-9-29-35-22(16-47-29)30-36-23(17-48-30)31(45)46;1-6-7-8-9-10-11-12-13-14-15-16-17-28(36)32-25(22-27(31)35)26(34)20-23(2)18-19-24(33)21-29(37)38-30(3,4)5;15-14(1-2-14)9(19)3-10(20)16-4-11-17-7(5-23-11)12-18-8(6-24-12)13(21)22;;/h16,18,21,23H,3-15,17H2,1-2H3,(H2,33,42)(H,34,43)(H,37,44)(H,45,46);23,25H,6-22H2,1-5H3,(H2,31,35)(H,32,36);5,8H,1-4,6H2,(H,16,20)(H,21,22);1H4;1H3/t18-,21+,23-;23-,25+;;;/m00.../s1. The van der Waals surface area contributed by atoms with Crippen LogP contribution < -0.4 is 38.9 Å². The average Bonchev–Trinajstić information content (AvgIpc) is 1.69. The number of amides is 6. The summed E-state index contributed by atoms with van der Waals surface area (Å²) in [7, 11) is 0. The van der Waals surface area contributed by atoms with E-state index < -0.39 is 76.4 Å². The van der Waals surface area contributed by atoms with Crippen molar-refractivity contribution in [3.8, 4) is 0 Å². The maximum Gasteiger partial charge on any atom is 0.329 e. The largest absolute Gasteiger partial charge is 0.480 e. The zero-order valence-electron chi connectivity index (χ0n) is 65.1. The molecule has 2 aromatic rings. The number of thioether (sulfide) groups is 3. The van der Waals surface area contributed by atoms with Gasteiger partial charge in [0.1, 0.15) is 48.7 Å². The number of aliphatic carboxylic acids is 2. The first kappa shape index (κ1) is 101. The summed E-state index contributed by atoms with van der Waals surface area (Å²) in [6, 6.07) is -3.49. The lowest BCUT2D eigenvalue weighted by Crippen LogP contribution is -2.44. The van der Waals surface area contributed by atoms with Gasteiger partial charge in [-0.15, -0.1) is 57.8 Å². The van der Waals surface area contributed by atoms with Crippen LogP contribution in [-0.2, 0) is 89.7 Å². The zero-order valence-corrected chi connectivity index (χ0v) is 69.9. The van der Waals surface area contributed by atoms with Gasteiger partial charge in [0.25, 0.3) is 0 Å². The summed E-state index contributed by atoms with van der Waals surface area (Å²) in [5.74, 6) is -6.52. The number of halogens is 1. The van der Waals surface area contributed by atoms with Gasteiger partial charge < -0.3 is 49.1 Å². The molecule has 6 atom stereocenters. The van der Waals surface area contributed by atoms with Crippen LogP contribution in [0.2, 0.25) is 0 Å². The maximum absolute atomic E-state index is 12.9. The van der Waals surface area contributed by atoms with E-state index in [4.69, 9.17) is 33.3 Å². The lowest BCUT2D eigenvalue weighted by molar-refractivity contribution is -0.138. The Hall–Kier alpha value is -6.98. The van der Waals surface area contributed by atoms with E-state index in [1.807, 2.05) is 34.6 Å². The number of aryl methyl sites for hydroxylation is 1. The second-order valence-corrected chi connectivity index (χ2v) is 36.2. The molecule has 1 unspecified atom stereocenters. The molecule has 0 saturated heterocycles. The predicted octanol–water partition coefficient (Wildman–Crippen LogP) is 10.8. The molecule has 112 heavy (non-hydrogen) atoms. The van der Waals surface area contributed by atoms with Gasteiger partial charge in [-0.05, 0) is 63.2 Å². The topological polar surface area (TPSA) is 499 Å². The summed E-state index contributed by atoms with van der Waals surface area (Å²) < 4.78 is -0.232. The lowest BCUT2D eigenvalue weighted by atomic mass is 9.93. The quantitative estimate of drug-likeness (QED) is 0.0169. The molecule has 2 saturated carbocycles. The Labute approximate surface area is 683 Å². The Morgan fingerprint density at radius 2 is 0.991 bits per heavy atom. The van der Waals surface area contributed by atoms with Gasteiger partial charge in [-0.2, -0.15) is 0 Å². The van der Waals surface area contributed by atoms with E-state index in [0.717, 1.165) is 37.4 Å². The highest BCUT2D eigenvalue weighted by molar-refractivity contribution is 8.15. The number of thiazole rings is 2. The number of carbonyl (C=O) groups excluding carboxylic acids is 14. The molecular formula is C77H118ClN11O18S5. The van der Waals surface area contributed by atoms with Crippen LogP contribution in [0, 0.1) is 11.8 Å². The second-order valence-electron chi connectivity index (χ2n) is 29.7. The van der Waals surface area contributed by atoms with Gasteiger partial charge in [-0.25, -0.2) is 19.6 Å². The lowest BCUT2D eigenvalue weighted by Gasteiger charge is -2.19. The third-order valence-electron chi connectivity index (χ3n) is 18.1. The van der Waals surface area contributed by atoms with Crippen molar-refractivity contribution in [2.75, 3.05) is 11.5 Å². The van der Waals surface area contributed by atoms with E-state index in [1.54, 1.807) is 17.7 Å². The van der Waals surface area contributed by atoms with Crippen LogP contribution in [0.3, 0.4) is 0 Å². The minimum Gasteiger partial charge on any atom is -0.480 e. The molecule has 0 spiro atoms. The number of alkyl halides is 1. The number of aromatic nitrogens is 2. The Kier molecular flexibility index (Phi) is 46.7. The van der Waals surface area contributed by atoms with Crippen molar-refractivity contribution in [2.24, 2.45) is 33.3 Å². The number of aliphatic imine (C=N–C) groups is 2. The Morgan fingerprint density at radius 1 is 0.554 bits per heavy atom. The first-order chi connectivity index (χ1) is 51.9. The summed E-state index contributed by atoms with van der Waals surface area (Å²) in [4.78, 5) is 210. The van der Waals surface area contributed by atoms with Crippen molar-refractivity contribution in [1.29, 1.82) is 0 Å². The van der Waals surface area contributed by atoms with Crippen LogP contribution >= 0.6 is 69.6 Å². The normalized spacial score (nSPS) is 16.5. The molecule has 4 aliphatic rings. The first-order valence-electron chi connectivity index (χ1n) is 38.0. The minimum absolute atomic E-state index is 0. The predicted molar refractivity (Wildman–Crippen MR) is 439 cm³/mol. The molecule has 2 aromatic heterocycles. The van der Waals surface area contributed by atoms with Crippen LogP contribution in [0.25, 0.3) is 0 Å². The van der Waals surface area contributed by atoms with Gasteiger partial charge in [0, 0.05) is 78.4 Å². The minimum atomic E-state index is -1.14. The van der Waals surface area contributed by atoms with E-state index in [2.05, 4.69) is 48.1 Å². The zero-order chi connectivity index (χ0) is 81.7. The second kappa shape index (κ2) is 51.8. The number of unbranched alkanes of at least 4 members (excludes halogenated alkanes) is 11. The number of hydrogen-bond acceptors (Lipinski definition) is 26. The Morgan fingerprint density at radius 3 is 1.43 bits per heavy atom. The van der Waals surface area contributed by atoms with Crippen LogP contribution in [0.15, 0.2) is 20.7 Å². The number of carboxylic acids is 2. The molecule has 2 aliphatic carbocycles. The highest BCUT2D eigenvalue weighted by Crippen LogP contribution is 2.44. The molecule has 29 nitrogen and oxygen atoms in total. The van der Waals surface area contributed by atoms with Crippen LogP contribution in [0.5, 0.6) is 0 Å². The van der Waals surface area contributed by atoms with Crippen molar-refractivity contribution in [2.45, 2.75) is 314 Å². The fourth-order valence-corrected chi connectivity index (χ4v) is 16.1. The first-order valence-corrected chi connectivity index (χ1v) is 42.9. The number of ketones is 7. The number of carbonyl (C=O) groups is 16. The molecule has 2 aliphatic heterocycles. The third-order valence-corrected chi connectivity index (χ3v) is 23.5. The Bertz CT molecular complexity index is 3620. The average molecular weight is 1680 g/mol. The summed E-state index contributed by atoms with van der Waals surface area (Å²) in [6.07, 6.45) is 17.0. The molecule has 626 valence electrons. The molecule has 0 bridgehead atoms. The fraction of sp³-hybridized carbons (Fsp3) is 0.688. The number of nitrogens with one attached hydrogen (secondary N) is 4. The van der Waals surface area contributed by atoms with Crippen molar-refractivity contribution in [3.05, 3.63) is 32.2 Å². The van der Waals surface area contributed by atoms with Gasteiger partial charge >= 0.3 is 11.9 Å². The molecule has 0 radical (unpaired) electrons. The van der Waals surface area contributed by atoms with Crippen LogP contribution in [0.1, 0.15) is 283 Å². The molecule has 2 fully saturated rings. The number of carboxylic acid groups (broad SMARTS) is 2. The highest BCUT2D eigenvalue weighted by atomic mass is 35.5. The number of rotatable bonds is 53. The number of primary amides is 2. The molecular weight excluding hydrogens is 1560 g/mol.